The number of carbonyl (C=O) groups excluding carboxylic acids is 3. The van der Waals surface area contributed by atoms with Crippen LogP contribution in [0.15, 0.2) is 46.9 Å². The number of benzene rings is 2. The first-order valence-electron chi connectivity index (χ1n) is 8.68. The van der Waals surface area contributed by atoms with Crippen LogP contribution in [0.5, 0.6) is 0 Å². The summed E-state index contributed by atoms with van der Waals surface area (Å²) in [4.78, 5) is 38.5. The predicted octanol–water partition coefficient (Wildman–Crippen LogP) is 3.84. The molecule has 1 aliphatic rings. The smallest absolute Gasteiger partial charge is 0.311 e. The predicted molar refractivity (Wildman–Crippen MR) is 106 cm³/mol. The molecule has 140 valence electrons. The van der Waals surface area contributed by atoms with E-state index in [2.05, 4.69) is 15.9 Å². The number of hydrogen-bond acceptors (Lipinski definition) is 4. The van der Waals surface area contributed by atoms with Crippen molar-refractivity contribution in [3.63, 3.8) is 0 Å². The summed E-state index contributed by atoms with van der Waals surface area (Å²) < 4.78 is 6.04. The Morgan fingerprint density at radius 2 is 1.85 bits per heavy atom. The Balaban J connectivity index is 1.60. The zero-order chi connectivity index (χ0) is 19.6. The summed E-state index contributed by atoms with van der Waals surface area (Å²) >= 11 is 3.31. The zero-order valence-electron chi connectivity index (χ0n) is 15.2. The lowest BCUT2D eigenvalue weighted by Gasteiger charge is -2.19. The Morgan fingerprint density at radius 3 is 2.52 bits per heavy atom. The molecule has 1 fully saturated rings. The van der Waals surface area contributed by atoms with Crippen molar-refractivity contribution in [2.75, 3.05) is 18.1 Å². The molecular weight excluding hydrogens is 410 g/mol. The van der Waals surface area contributed by atoms with Crippen LogP contribution < -0.4 is 4.90 Å². The number of amides is 1. The van der Waals surface area contributed by atoms with E-state index in [0.717, 1.165) is 21.3 Å². The molecule has 1 heterocycles. The second-order valence-corrected chi connectivity index (χ2v) is 7.65. The molecule has 1 aliphatic heterocycles. The van der Waals surface area contributed by atoms with Gasteiger partial charge in [-0.3, -0.25) is 14.4 Å². The number of carbonyl (C=O) groups is 3. The number of aryl methyl sites for hydroxylation is 2. The fourth-order valence-corrected chi connectivity index (χ4v) is 3.44. The number of hydrogen-bond donors (Lipinski definition) is 0. The molecule has 0 N–H and O–H groups in total. The van der Waals surface area contributed by atoms with E-state index in [1.54, 1.807) is 29.2 Å². The Labute approximate surface area is 166 Å². The van der Waals surface area contributed by atoms with E-state index in [-0.39, 0.29) is 31.3 Å². The van der Waals surface area contributed by atoms with Crippen LogP contribution in [-0.4, -0.2) is 30.8 Å². The van der Waals surface area contributed by atoms with Gasteiger partial charge < -0.3 is 9.64 Å². The minimum Gasteiger partial charge on any atom is -0.457 e. The van der Waals surface area contributed by atoms with Crippen LogP contribution in [0.25, 0.3) is 0 Å². The standard InChI is InChI=1S/C21H20BrNO4/c1-13-3-8-18(14(2)9-13)23-11-16(10-20(23)25)21(26)27-12-19(24)15-4-6-17(22)7-5-15/h3-9,16H,10-12H2,1-2H3/t16-/m0/s1. The molecule has 0 radical (unpaired) electrons. The lowest BCUT2D eigenvalue weighted by atomic mass is 10.1. The summed E-state index contributed by atoms with van der Waals surface area (Å²) in [6, 6.07) is 12.7. The maximum atomic E-state index is 12.4. The van der Waals surface area contributed by atoms with Gasteiger partial charge in [0.15, 0.2) is 12.4 Å². The first-order valence-corrected chi connectivity index (χ1v) is 9.47. The van der Waals surface area contributed by atoms with Gasteiger partial charge in [-0.2, -0.15) is 0 Å². The molecule has 3 rings (SSSR count). The molecule has 1 amide bonds. The van der Waals surface area contributed by atoms with Crippen LogP contribution in [0.4, 0.5) is 5.69 Å². The molecule has 0 aromatic heterocycles. The lowest BCUT2D eigenvalue weighted by Crippen LogP contribution is -2.27. The second-order valence-electron chi connectivity index (χ2n) is 6.73. The van der Waals surface area contributed by atoms with Crippen LogP contribution in [0.2, 0.25) is 0 Å². The molecule has 0 bridgehead atoms. The maximum Gasteiger partial charge on any atom is 0.311 e. The molecule has 0 unspecified atom stereocenters. The molecule has 0 spiro atoms. The van der Waals surface area contributed by atoms with Gasteiger partial charge in [0.1, 0.15) is 0 Å². The van der Waals surface area contributed by atoms with Gasteiger partial charge in [-0.15, -0.1) is 0 Å². The average molecular weight is 430 g/mol. The Morgan fingerprint density at radius 1 is 1.15 bits per heavy atom. The molecule has 1 saturated heterocycles. The summed E-state index contributed by atoms with van der Waals surface area (Å²) in [6.45, 7) is 3.88. The second kappa shape index (κ2) is 8.05. The van der Waals surface area contributed by atoms with Gasteiger partial charge in [0.2, 0.25) is 5.91 Å². The molecule has 5 nitrogen and oxygen atoms in total. The summed E-state index contributed by atoms with van der Waals surface area (Å²) in [7, 11) is 0. The van der Waals surface area contributed by atoms with Crippen LogP contribution in [0, 0.1) is 19.8 Å². The summed E-state index contributed by atoms with van der Waals surface area (Å²) in [6.07, 6.45) is 0.0959. The number of nitrogens with zero attached hydrogens (tertiary/aromatic N) is 1. The van der Waals surface area contributed by atoms with Crippen molar-refractivity contribution >= 4 is 39.3 Å². The number of ether oxygens (including phenoxy) is 1. The van der Waals surface area contributed by atoms with Gasteiger partial charge in [-0.1, -0.05) is 45.8 Å². The molecular formula is C21H20BrNO4. The fraction of sp³-hybridized carbons (Fsp3) is 0.286. The van der Waals surface area contributed by atoms with Crippen molar-refractivity contribution < 1.29 is 19.1 Å². The van der Waals surface area contributed by atoms with E-state index >= 15 is 0 Å². The SMILES string of the molecule is Cc1ccc(N2C[C@@H](C(=O)OCC(=O)c3ccc(Br)cc3)CC2=O)c(C)c1. The molecule has 2 aromatic rings. The topological polar surface area (TPSA) is 63.7 Å². The zero-order valence-corrected chi connectivity index (χ0v) is 16.8. The highest BCUT2D eigenvalue weighted by molar-refractivity contribution is 9.10. The third-order valence-electron chi connectivity index (χ3n) is 4.61. The molecule has 0 aliphatic carbocycles. The summed E-state index contributed by atoms with van der Waals surface area (Å²) in [5.74, 6) is -1.45. The Kier molecular flexibility index (Phi) is 5.75. The molecule has 6 heteroatoms. The normalized spacial score (nSPS) is 16.5. The highest BCUT2D eigenvalue weighted by atomic mass is 79.9. The van der Waals surface area contributed by atoms with Gasteiger partial charge in [-0.05, 0) is 37.6 Å². The minimum absolute atomic E-state index is 0.0959. The van der Waals surface area contributed by atoms with Gasteiger partial charge >= 0.3 is 5.97 Å². The third kappa shape index (κ3) is 4.45. The van der Waals surface area contributed by atoms with Crippen molar-refractivity contribution in [2.45, 2.75) is 20.3 Å². The number of rotatable bonds is 5. The highest BCUT2D eigenvalue weighted by Crippen LogP contribution is 2.29. The minimum atomic E-state index is -0.559. The molecule has 27 heavy (non-hydrogen) atoms. The van der Waals surface area contributed by atoms with Gasteiger partial charge in [-0.25, -0.2) is 0 Å². The largest absolute Gasteiger partial charge is 0.457 e. The van der Waals surface area contributed by atoms with Gasteiger partial charge in [0.25, 0.3) is 0 Å². The first-order chi connectivity index (χ1) is 12.8. The Hall–Kier alpha value is -2.47. The molecule has 1 atom stereocenters. The number of esters is 1. The van der Waals surface area contributed by atoms with Crippen LogP contribution >= 0.6 is 15.9 Å². The number of ketones is 1. The average Bonchev–Trinajstić information content (AvgIpc) is 3.01. The third-order valence-corrected chi connectivity index (χ3v) is 5.14. The quantitative estimate of drug-likeness (QED) is 0.534. The fourth-order valence-electron chi connectivity index (χ4n) is 3.18. The van der Waals surface area contributed by atoms with Crippen LogP contribution in [-0.2, 0) is 14.3 Å². The first kappa shape index (κ1) is 19.3. The van der Waals surface area contributed by atoms with Crippen molar-refractivity contribution in [2.24, 2.45) is 5.92 Å². The van der Waals surface area contributed by atoms with Crippen molar-refractivity contribution in [3.05, 3.63) is 63.6 Å². The summed E-state index contributed by atoms with van der Waals surface area (Å²) in [5, 5.41) is 0. The number of anilines is 1. The van der Waals surface area contributed by atoms with Crippen molar-refractivity contribution in [3.8, 4) is 0 Å². The van der Waals surface area contributed by atoms with E-state index in [0.29, 0.717) is 5.56 Å². The van der Waals surface area contributed by atoms with E-state index in [4.69, 9.17) is 4.74 Å². The number of halogens is 1. The van der Waals surface area contributed by atoms with Crippen molar-refractivity contribution in [1.29, 1.82) is 0 Å². The Bertz CT molecular complexity index is 892. The summed E-state index contributed by atoms with van der Waals surface area (Å²) in [5.41, 5.74) is 3.39. The molecule has 0 saturated carbocycles. The van der Waals surface area contributed by atoms with Crippen LogP contribution in [0.3, 0.4) is 0 Å². The van der Waals surface area contributed by atoms with Crippen LogP contribution in [0.1, 0.15) is 27.9 Å². The van der Waals surface area contributed by atoms with E-state index < -0.39 is 11.9 Å². The highest BCUT2D eigenvalue weighted by Gasteiger charge is 2.36. The number of Topliss-reactive ketones (excluding diaryl/α,β-unsaturated/α-hetero) is 1. The maximum absolute atomic E-state index is 12.4. The van der Waals surface area contributed by atoms with Gasteiger partial charge in [0, 0.05) is 28.7 Å². The van der Waals surface area contributed by atoms with Crippen molar-refractivity contribution in [1.82, 2.24) is 0 Å². The monoisotopic (exact) mass is 429 g/mol. The van der Waals surface area contributed by atoms with E-state index in [1.807, 2.05) is 32.0 Å². The van der Waals surface area contributed by atoms with Gasteiger partial charge in [0.05, 0.1) is 5.92 Å². The molecule has 2 aromatic carbocycles. The van der Waals surface area contributed by atoms with E-state index in [9.17, 15) is 14.4 Å². The van der Waals surface area contributed by atoms with E-state index in [1.165, 1.54) is 0 Å². The lowest BCUT2D eigenvalue weighted by molar-refractivity contribution is -0.147.